The van der Waals surface area contributed by atoms with Crippen LogP contribution >= 0.6 is 57.6 Å². The monoisotopic (exact) mass is 592 g/mol. The van der Waals surface area contributed by atoms with E-state index in [1.165, 1.54) is 0 Å². The summed E-state index contributed by atoms with van der Waals surface area (Å²) < 4.78 is 11.6. The van der Waals surface area contributed by atoms with Crippen molar-refractivity contribution in [3.05, 3.63) is 54.4 Å². The fourth-order valence-corrected chi connectivity index (χ4v) is 4.46. The highest BCUT2D eigenvalue weighted by atomic mass is 127. The van der Waals surface area contributed by atoms with Gasteiger partial charge in [0, 0.05) is 5.02 Å². The van der Waals surface area contributed by atoms with Crippen LogP contribution in [-0.2, 0) is 9.59 Å². The van der Waals surface area contributed by atoms with Crippen molar-refractivity contribution in [1.29, 1.82) is 0 Å². The fraction of sp³-hybridized carbons (Fsp3) is 0.150. The van der Waals surface area contributed by atoms with E-state index in [9.17, 15) is 9.59 Å². The Morgan fingerprint density at radius 3 is 2.77 bits per heavy atom. The maximum Gasteiger partial charge on any atom is 0.341 e. The number of rotatable bonds is 7. The number of nitrogens with zero attached hydrogens (tertiary/aromatic N) is 1. The van der Waals surface area contributed by atoms with Crippen molar-refractivity contribution in [2.45, 2.75) is 6.92 Å². The minimum atomic E-state index is -1.09. The number of benzene rings is 2. The Morgan fingerprint density at radius 1 is 1.29 bits per heavy atom. The van der Waals surface area contributed by atoms with E-state index < -0.39 is 12.6 Å². The molecule has 0 aliphatic carbocycles. The molecule has 3 rings (SSSR count). The Balaban J connectivity index is 1.88. The molecule has 1 amide bonds. The summed E-state index contributed by atoms with van der Waals surface area (Å²) in [5.74, 6) is -0.657. The molecule has 0 saturated carbocycles. The first-order valence-corrected chi connectivity index (χ1v) is 11.5. The van der Waals surface area contributed by atoms with Gasteiger partial charge in [0.15, 0.2) is 23.3 Å². The SMILES string of the molecule is CCOc1cc(/C=C2/SC(=Nc3cc(Cl)ccc3Cl)NC2=O)cc(I)c1OCC(=O)O. The third-order valence-electron chi connectivity index (χ3n) is 3.75. The van der Waals surface area contributed by atoms with Gasteiger partial charge in [0.1, 0.15) is 0 Å². The van der Waals surface area contributed by atoms with Gasteiger partial charge < -0.3 is 19.9 Å². The molecule has 0 radical (unpaired) electrons. The molecule has 2 N–H and O–H groups in total. The number of carbonyl (C=O) groups is 2. The standard InChI is InChI=1S/C20H15Cl2IN2O5S/c1-2-29-15-6-10(5-13(23)18(15)30-9-17(26)27)7-16-19(28)25-20(31-16)24-14-8-11(21)3-4-12(14)22/h3-8H,2,9H2,1H3,(H,26,27)(H,24,25,28)/b16-7+. The smallest absolute Gasteiger partial charge is 0.341 e. The minimum Gasteiger partial charge on any atom is -0.490 e. The zero-order valence-electron chi connectivity index (χ0n) is 15.9. The highest BCUT2D eigenvalue weighted by molar-refractivity contribution is 14.1. The maximum atomic E-state index is 12.4. The molecule has 1 aliphatic rings. The lowest BCUT2D eigenvalue weighted by Crippen LogP contribution is -2.19. The molecular weight excluding hydrogens is 578 g/mol. The van der Waals surface area contributed by atoms with E-state index >= 15 is 0 Å². The van der Waals surface area contributed by atoms with Gasteiger partial charge in [0.05, 0.1) is 25.8 Å². The normalized spacial score (nSPS) is 15.9. The first-order valence-electron chi connectivity index (χ1n) is 8.82. The number of ether oxygens (including phenoxy) is 2. The Morgan fingerprint density at radius 2 is 2.06 bits per heavy atom. The first-order chi connectivity index (χ1) is 14.8. The van der Waals surface area contributed by atoms with Crippen LogP contribution in [0.1, 0.15) is 12.5 Å². The number of halogens is 3. The van der Waals surface area contributed by atoms with Gasteiger partial charge in [-0.05, 0) is 83.2 Å². The summed E-state index contributed by atoms with van der Waals surface area (Å²) in [6, 6.07) is 8.35. The summed E-state index contributed by atoms with van der Waals surface area (Å²) in [7, 11) is 0. The number of hydrogen-bond acceptors (Lipinski definition) is 6. The molecule has 0 bridgehead atoms. The number of aliphatic imine (C=N–C) groups is 1. The van der Waals surface area contributed by atoms with Crippen molar-refractivity contribution in [2.75, 3.05) is 13.2 Å². The van der Waals surface area contributed by atoms with Crippen LogP contribution in [-0.4, -0.2) is 35.4 Å². The molecular formula is C20H15Cl2IN2O5S. The highest BCUT2D eigenvalue weighted by Crippen LogP contribution is 2.37. The molecule has 11 heteroatoms. The summed E-state index contributed by atoms with van der Waals surface area (Å²) in [5, 5.41) is 12.8. The summed E-state index contributed by atoms with van der Waals surface area (Å²) >= 11 is 15.3. The second kappa shape index (κ2) is 10.6. The molecule has 2 aromatic carbocycles. The van der Waals surface area contributed by atoms with Crippen LogP contribution in [0.25, 0.3) is 6.08 Å². The second-order valence-electron chi connectivity index (χ2n) is 6.02. The number of amidine groups is 1. The van der Waals surface area contributed by atoms with Crippen molar-refractivity contribution in [2.24, 2.45) is 4.99 Å². The largest absolute Gasteiger partial charge is 0.490 e. The van der Waals surface area contributed by atoms with E-state index in [1.807, 2.05) is 29.5 Å². The van der Waals surface area contributed by atoms with E-state index in [1.54, 1.807) is 36.4 Å². The van der Waals surface area contributed by atoms with Crippen molar-refractivity contribution in [3.63, 3.8) is 0 Å². The summed E-state index contributed by atoms with van der Waals surface area (Å²) in [5.41, 5.74) is 1.14. The third kappa shape index (κ3) is 6.28. The minimum absolute atomic E-state index is 0.305. The Hall–Kier alpha value is -1.95. The molecule has 0 spiro atoms. The number of carboxylic acids is 1. The van der Waals surface area contributed by atoms with Gasteiger partial charge in [-0.1, -0.05) is 23.2 Å². The molecule has 1 heterocycles. The summed E-state index contributed by atoms with van der Waals surface area (Å²) in [4.78, 5) is 28.0. The van der Waals surface area contributed by atoms with Gasteiger partial charge in [-0.2, -0.15) is 0 Å². The molecule has 1 saturated heterocycles. The molecule has 0 aromatic heterocycles. The van der Waals surface area contributed by atoms with Crippen LogP contribution in [0.5, 0.6) is 11.5 Å². The number of hydrogen-bond donors (Lipinski definition) is 2. The Labute approximate surface area is 205 Å². The highest BCUT2D eigenvalue weighted by Gasteiger charge is 2.24. The number of carbonyl (C=O) groups excluding carboxylic acids is 1. The molecule has 1 fully saturated rings. The van der Waals surface area contributed by atoms with E-state index in [0.29, 0.717) is 53.0 Å². The molecule has 7 nitrogen and oxygen atoms in total. The zero-order valence-corrected chi connectivity index (χ0v) is 20.4. The van der Waals surface area contributed by atoms with Gasteiger partial charge in [0.25, 0.3) is 5.91 Å². The lowest BCUT2D eigenvalue weighted by atomic mass is 10.2. The average molecular weight is 593 g/mol. The number of nitrogens with one attached hydrogen (secondary N) is 1. The predicted molar refractivity (Wildman–Crippen MR) is 131 cm³/mol. The topological polar surface area (TPSA) is 97.2 Å². The Kier molecular flexibility index (Phi) is 8.09. The average Bonchev–Trinajstić information content (AvgIpc) is 3.03. The maximum absolute atomic E-state index is 12.4. The van der Waals surface area contributed by atoms with Crippen molar-refractivity contribution < 1.29 is 24.2 Å². The quantitative estimate of drug-likeness (QED) is 0.332. The van der Waals surface area contributed by atoms with Gasteiger partial charge >= 0.3 is 5.97 Å². The van der Waals surface area contributed by atoms with Crippen molar-refractivity contribution >= 4 is 86.4 Å². The number of thioether (sulfide) groups is 1. The van der Waals surface area contributed by atoms with E-state index in [-0.39, 0.29) is 5.91 Å². The number of amides is 1. The lowest BCUT2D eigenvalue weighted by molar-refractivity contribution is -0.139. The molecule has 162 valence electrons. The van der Waals surface area contributed by atoms with Crippen molar-refractivity contribution in [3.8, 4) is 11.5 Å². The third-order valence-corrected chi connectivity index (χ3v) is 6.02. The van der Waals surface area contributed by atoms with E-state index in [4.69, 9.17) is 37.8 Å². The van der Waals surface area contributed by atoms with Crippen LogP contribution in [0.4, 0.5) is 5.69 Å². The molecule has 1 aliphatic heterocycles. The van der Waals surface area contributed by atoms with Crippen LogP contribution in [0.3, 0.4) is 0 Å². The predicted octanol–water partition coefficient (Wildman–Crippen LogP) is 5.35. The van der Waals surface area contributed by atoms with Crippen LogP contribution in [0.2, 0.25) is 10.0 Å². The second-order valence-corrected chi connectivity index (χ2v) is 9.06. The summed E-state index contributed by atoms with van der Waals surface area (Å²) in [6.45, 7) is 1.69. The zero-order chi connectivity index (χ0) is 22.5. The van der Waals surface area contributed by atoms with Gasteiger partial charge in [-0.15, -0.1) is 0 Å². The number of carboxylic acid groups (broad SMARTS) is 1. The molecule has 0 unspecified atom stereocenters. The summed E-state index contributed by atoms with van der Waals surface area (Å²) in [6.07, 6.45) is 1.69. The van der Waals surface area contributed by atoms with Crippen LogP contribution in [0.15, 0.2) is 40.2 Å². The van der Waals surface area contributed by atoms with Gasteiger partial charge in [-0.3, -0.25) is 4.79 Å². The molecule has 0 atom stereocenters. The van der Waals surface area contributed by atoms with Crippen molar-refractivity contribution in [1.82, 2.24) is 5.32 Å². The molecule has 2 aromatic rings. The fourth-order valence-electron chi connectivity index (χ4n) is 2.52. The lowest BCUT2D eigenvalue weighted by Gasteiger charge is -2.13. The van der Waals surface area contributed by atoms with Crippen LogP contribution in [0, 0.1) is 3.57 Å². The van der Waals surface area contributed by atoms with Gasteiger partial charge in [0.2, 0.25) is 0 Å². The Bertz CT molecular complexity index is 1110. The van der Waals surface area contributed by atoms with Gasteiger partial charge in [-0.25, -0.2) is 9.79 Å². The van der Waals surface area contributed by atoms with E-state index in [0.717, 1.165) is 11.8 Å². The van der Waals surface area contributed by atoms with E-state index in [2.05, 4.69) is 10.3 Å². The number of aliphatic carboxylic acids is 1. The van der Waals surface area contributed by atoms with Crippen LogP contribution < -0.4 is 14.8 Å². The first kappa shape index (κ1) is 23.7. The molecule has 31 heavy (non-hydrogen) atoms.